The summed E-state index contributed by atoms with van der Waals surface area (Å²) in [6.07, 6.45) is 2.55. The Hall–Kier alpha value is -1.62. The molecule has 1 unspecified atom stereocenters. The molecule has 4 nitrogen and oxygen atoms in total. The number of hydrogen-bond donors (Lipinski definition) is 3. The third kappa shape index (κ3) is 4.03. The maximum atomic E-state index is 9.67. The van der Waals surface area contributed by atoms with E-state index in [0.29, 0.717) is 11.5 Å². The van der Waals surface area contributed by atoms with Crippen molar-refractivity contribution in [1.82, 2.24) is 5.43 Å². The molecule has 1 aromatic rings. The van der Waals surface area contributed by atoms with Crippen LogP contribution in [0.3, 0.4) is 0 Å². The van der Waals surface area contributed by atoms with E-state index >= 15 is 0 Å². The van der Waals surface area contributed by atoms with Crippen molar-refractivity contribution in [3.05, 3.63) is 29.3 Å². The Morgan fingerprint density at radius 2 is 2.35 bits per heavy atom. The molecule has 1 atom stereocenters. The molecule has 5 heteroatoms. The van der Waals surface area contributed by atoms with E-state index in [-0.39, 0.29) is 10.9 Å². The summed E-state index contributed by atoms with van der Waals surface area (Å²) in [6.45, 7) is 4.26. The molecule has 4 N–H and O–H groups in total. The van der Waals surface area contributed by atoms with Crippen LogP contribution in [0.5, 0.6) is 5.75 Å². The predicted molar refractivity (Wildman–Crippen MR) is 74.3 cm³/mol. The minimum Gasteiger partial charge on any atom is -0.507 e. The van der Waals surface area contributed by atoms with Crippen molar-refractivity contribution >= 4 is 23.5 Å². The lowest BCUT2D eigenvalue weighted by Gasteiger charge is -2.10. The molecule has 0 spiro atoms. The first-order chi connectivity index (χ1) is 8.04. The van der Waals surface area contributed by atoms with E-state index in [4.69, 9.17) is 5.73 Å². The molecule has 0 radical (unpaired) electrons. The van der Waals surface area contributed by atoms with Crippen LogP contribution in [0, 0.1) is 0 Å². The van der Waals surface area contributed by atoms with Gasteiger partial charge in [0.15, 0.2) is 5.11 Å². The fraction of sp³-hybridized carbons (Fsp3) is 0.333. The van der Waals surface area contributed by atoms with Crippen LogP contribution in [-0.4, -0.2) is 16.4 Å². The smallest absolute Gasteiger partial charge is 0.184 e. The second-order valence-corrected chi connectivity index (χ2v) is 4.30. The molecule has 0 heterocycles. The topological polar surface area (TPSA) is 70.6 Å². The van der Waals surface area contributed by atoms with Crippen LogP contribution in [0.4, 0.5) is 0 Å². The third-order valence-electron chi connectivity index (χ3n) is 2.61. The molecular weight excluding hydrogens is 234 g/mol. The van der Waals surface area contributed by atoms with Crippen LogP contribution in [0.2, 0.25) is 0 Å². The summed E-state index contributed by atoms with van der Waals surface area (Å²) in [5.74, 6) is 0.636. The lowest BCUT2D eigenvalue weighted by Crippen LogP contribution is -2.24. The zero-order valence-corrected chi connectivity index (χ0v) is 10.8. The first kappa shape index (κ1) is 13.4. The first-order valence-electron chi connectivity index (χ1n) is 5.46. The summed E-state index contributed by atoms with van der Waals surface area (Å²) in [6, 6.07) is 5.50. The number of phenolic OH excluding ortho intramolecular Hbond substituents is 1. The molecular formula is C12H17N3OS. The van der Waals surface area contributed by atoms with Crippen molar-refractivity contribution in [3.63, 3.8) is 0 Å². The van der Waals surface area contributed by atoms with E-state index in [2.05, 4.69) is 36.6 Å². The molecule has 17 heavy (non-hydrogen) atoms. The Kier molecular flexibility index (Phi) is 4.90. The standard InChI is InChI=1S/C12H17N3OS/c1-3-8(2)9-4-5-11(16)10(6-9)7-14-15-12(13)17/h4-8,16H,3H2,1-2H3,(H3,13,15,17). The van der Waals surface area contributed by atoms with Crippen molar-refractivity contribution in [3.8, 4) is 5.75 Å². The van der Waals surface area contributed by atoms with Gasteiger partial charge in [-0.3, -0.25) is 5.43 Å². The molecule has 0 fully saturated rings. The molecule has 1 rings (SSSR count). The maximum absolute atomic E-state index is 9.67. The molecule has 0 saturated carbocycles. The number of aromatic hydroxyl groups is 1. The average molecular weight is 251 g/mol. The van der Waals surface area contributed by atoms with Gasteiger partial charge < -0.3 is 10.8 Å². The van der Waals surface area contributed by atoms with Crippen LogP contribution in [0.1, 0.15) is 37.3 Å². The molecule has 1 aromatic carbocycles. The number of phenols is 1. The summed E-state index contributed by atoms with van der Waals surface area (Å²) in [5.41, 5.74) is 9.50. The lowest BCUT2D eigenvalue weighted by atomic mass is 9.97. The number of nitrogens with zero attached hydrogens (tertiary/aromatic N) is 1. The number of hydrogen-bond acceptors (Lipinski definition) is 3. The van der Waals surface area contributed by atoms with E-state index in [0.717, 1.165) is 6.42 Å². The monoisotopic (exact) mass is 251 g/mol. The van der Waals surface area contributed by atoms with Crippen molar-refractivity contribution in [1.29, 1.82) is 0 Å². The predicted octanol–water partition coefficient (Wildman–Crippen LogP) is 2.07. The van der Waals surface area contributed by atoms with Gasteiger partial charge in [0, 0.05) is 5.56 Å². The Bertz CT molecular complexity index is 432. The molecule has 0 aliphatic carbocycles. The molecule has 0 aliphatic rings. The van der Waals surface area contributed by atoms with Crippen molar-refractivity contribution in [2.24, 2.45) is 10.8 Å². The van der Waals surface area contributed by atoms with Crippen LogP contribution >= 0.6 is 12.2 Å². The maximum Gasteiger partial charge on any atom is 0.184 e. The lowest BCUT2D eigenvalue weighted by molar-refractivity contribution is 0.474. The van der Waals surface area contributed by atoms with Gasteiger partial charge in [0.1, 0.15) is 5.75 Å². The largest absolute Gasteiger partial charge is 0.507 e. The van der Waals surface area contributed by atoms with E-state index in [1.54, 1.807) is 6.07 Å². The van der Waals surface area contributed by atoms with E-state index in [1.807, 2.05) is 12.1 Å². The van der Waals surface area contributed by atoms with Crippen LogP contribution < -0.4 is 11.2 Å². The molecule has 0 amide bonds. The fourth-order valence-electron chi connectivity index (χ4n) is 1.38. The normalized spacial score (nSPS) is 12.6. The number of nitrogens with two attached hydrogens (primary N) is 1. The molecule has 0 bridgehead atoms. The van der Waals surface area contributed by atoms with Crippen molar-refractivity contribution in [2.75, 3.05) is 0 Å². The third-order valence-corrected chi connectivity index (χ3v) is 2.70. The highest BCUT2D eigenvalue weighted by molar-refractivity contribution is 7.80. The number of thiocarbonyl (C=S) groups is 1. The van der Waals surface area contributed by atoms with Gasteiger partial charge in [-0.05, 0) is 42.3 Å². The minimum absolute atomic E-state index is 0.0961. The quantitative estimate of drug-likeness (QED) is 0.435. The summed E-state index contributed by atoms with van der Waals surface area (Å²) >= 11 is 4.62. The Labute approximate surface area is 107 Å². The molecule has 92 valence electrons. The van der Waals surface area contributed by atoms with Crippen molar-refractivity contribution in [2.45, 2.75) is 26.2 Å². The highest BCUT2D eigenvalue weighted by Gasteiger charge is 2.06. The zero-order chi connectivity index (χ0) is 12.8. The van der Waals surface area contributed by atoms with Gasteiger partial charge >= 0.3 is 0 Å². The van der Waals surface area contributed by atoms with E-state index in [1.165, 1.54) is 11.8 Å². The van der Waals surface area contributed by atoms with Gasteiger partial charge in [0.25, 0.3) is 0 Å². The van der Waals surface area contributed by atoms with Gasteiger partial charge in [0.05, 0.1) is 6.21 Å². The number of benzene rings is 1. The Balaban J connectivity index is 2.90. The van der Waals surface area contributed by atoms with Crippen LogP contribution in [0.25, 0.3) is 0 Å². The fourth-order valence-corrected chi connectivity index (χ4v) is 1.44. The molecule has 0 aliphatic heterocycles. The van der Waals surface area contributed by atoms with Gasteiger partial charge in [-0.2, -0.15) is 5.10 Å². The Morgan fingerprint density at radius 1 is 1.65 bits per heavy atom. The summed E-state index contributed by atoms with van der Waals surface area (Å²) < 4.78 is 0. The first-order valence-corrected chi connectivity index (χ1v) is 5.86. The second kappa shape index (κ2) is 6.20. The Morgan fingerprint density at radius 3 is 2.94 bits per heavy atom. The van der Waals surface area contributed by atoms with Gasteiger partial charge in [-0.1, -0.05) is 19.9 Å². The zero-order valence-electron chi connectivity index (χ0n) is 9.97. The van der Waals surface area contributed by atoms with Crippen molar-refractivity contribution < 1.29 is 5.11 Å². The summed E-state index contributed by atoms with van der Waals surface area (Å²) in [4.78, 5) is 0. The molecule has 0 aromatic heterocycles. The second-order valence-electron chi connectivity index (χ2n) is 3.86. The van der Waals surface area contributed by atoms with Gasteiger partial charge in [-0.15, -0.1) is 0 Å². The average Bonchev–Trinajstić information content (AvgIpc) is 2.30. The molecule has 0 saturated heterocycles. The highest BCUT2D eigenvalue weighted by atomic mass is 32.1. The SMILES string of the molecule is CCC(C)c1ccc(O)c(C=NNC(N)=S)c1. The van der Waals surface area contributed by atoms with Gasteiger partial charge in [0.2, 0.25) is 0 Å². The van der Waals surface area contributed by atoms with E-state index < -0.39 is 0 Å². The van der Waals surface area contributed by atoms with Gasteiger partial charge in [-0.25, -0.2) is 0 Å². The van der Waals surface area contributed by atoms with Crippen LogP contribution in [0.15, 0.2) is 23.3 Å². The van der Waals surface area contributed by atoms with Crippen LogP contribution in [-0.2, 0) is 0 Å². The number of hydrazone groups is 1. The summed E-state index contributed by atoms with van der Waals surface area (Å²) in [7, 11) is 0. The number of nitrogens with one attached hydrogen (secondary N) is 1. The number of rotatable bonds is 4. The summed E-state index contributed by atoms with van der Waals surface area (Å²) in [5, 5.41) is 13.6. The van der Waals surface area contributed by atoms with E-state index in [9.17, 15) is 5.11 Å². The highest BCUT2D eigenvalue weighted by Crippen LogP contribution is 2.23. The minimum atomic E-state index is 0.0961.